The minimum Gasteiger partial charge on any atom is -0.368 e. The maximum absolute atomic E-state index is 11.2. The normalized spacial score (nSPS) is 15.7. The summed E-state index contributed by atoms with van der Waals surface area (Å²) in [5, 5.41) is 8.61. The number of rotatable bonds is 5. The van der Waals surface area contributed by atoms with Crippen LogP contribution in [0.15, 0.2) is 46.7 Å². The van der Waals surface area contributed by atoms with E-state index in [1.165, 1.54) is 10.3 Å². The van der Waals surface area contributed by atoms with Gasteiger partial charge < -0.3 is 4.90 Å². The van der Waals surface area contributed by atoms with Gasteiger partial charge in [0.2, 0.25) is 0 Å². The molecule has 0 unspecified atom stereocenters. The van der Waals surface area contributed by atoms with Crippen LogP contribution in [0.4, 0.5) is 5.69 Å². The van der Waals surface area contributed by atoms with Crippen molar-refractivity contribution in [3.63, 3.8) is 0 Å². The summed E-state index contributed by atoms with van der Waals surface area (Å²) in [6.07, 6.45) is 3.04. The summed E-state index contributed by atoms with van der Waals surface area (Å²) >= 11 is 9.34. The van der Waals surface area contributed by atoms with Gasteiger partial charge in [0.05, 0.1) is 8.55 Å². The lowest BCUT2D eigenvalue weighted by atomic mass is 10.1. The highest BCUT2D eigenvalue weighted by molar-refractivity contribution is 7.99. The summed E-state index contributed by atoms with van der Waals surface area (Å²) in [7, 11) is 0. The molecule has 1 fully saturated rings. The fourth-order valence-corrected chi connectivity index (χ4v) is 4.99. The second kappa shape index (κ2) is 8.73. The predicted molar refractivity (Wildman–Crippen MR) is 104 cm³/mol. The number of amides is 1. The van der Waals surface area contributed by atoms with Crippen LogP contribution in [0.2, 0.25) is 4.34 Å². The molecule has 1 aliphatic heterocycles. The van der Waals surface area contributed by atoms with E-state index in [9.17, 15) is 4.79 Å². The predicted octanol–water partition coefficient (Wildman–Crippen LogP) is 3.75. The Morgan fingerprint density at radius 2 is 1.96 bits per heavy atom. The van der Waals surface area contributed by atoms with Crippen LogP contribution in [0.25, 0.3) is 6.08 Å². The Labute approximate surface area is 160 Å². The fourth-order valence-electron chi connectivity index (χ4n) is 2.61. The third-order valence-corrected chi connectivity index (χ3v) is 6.25. The van der Waals surface area contributed by atoms with Crippen molar-refractivity contribution in [3.05, 3.63) is 52.4 Å². The zero-order chi connectivity index (χ0) is 17.6. The molecule has 5 nitrogen and oxygen atoms in total. The second-order valence-electron chi connectivity index (χ2n) is 5.43. The minimum atomic E-state index is -0.536. The number of carbonyl (C=O) groups excluding carboxylic acids is 1. The van der Waals surface area contributed by atoms with Gasteiger partial charge >= 0.3 is 0 Å². The number of para-hydroxylation sites is 1. The molecule has 0 radical (unpaired) electrons. The number of benzene rings is 1. The number of nitrogens with zero attached hydrogens (tertiary/aromatic N) is 2. The highest BCUT2D eigenvalue weighted by Gasteiger charge is 2.19. The van der Waals surface area contributed by atoms with Crippen molar-refractivity contribution in [1.82, 2.24) is 9.79 Å². The summed E-state index contributed by atoms with van der Waals surface area (Å²) in [4.78, 5) is 13.5. The molecule has 0 spiro atoms. The zero-order valence-corrected chi connectivity index (χ0v) is 15.8. The first-order valence-corrected chi connectivity index (χ1v) is 9.77. The van der Waals surface area contributed by atoms with Crippen LogP contribution >= 0.6 is 34.9 Å². The van der Waals surface area contributed by atoms with Crippen LogP contribution in [-0.4, -0.2) is 41.6 Å². The quantitative estimate of drug-likeness (QED) is 0.349. The largest absolute Gasteiger partial charge is 0.368 e. The molecule has 0 bridgehead atoms. The van der Waals surface area contributed by atoms with Crippen LogP contribution in [0, 0.1) is 0 Å². The van der Waals surface area contributed by atoms with Gasteiger partial charge in [-0.3, -0.25) is 10.0 Å². The molecule has 1 aromatic carbocycles. The van der Waals surface area contributed by atoms with E-state index >= 15 is 0 Å². The number of hydrogen-bond donors (Lipinski definition) is 2. The summed E-state index contributed by atoms with van der Waals surface area (Å²) in [5.74, 6) is -0.536. The van der Waals surface area contributed by atoms with Gasteiger partial charge in [0.1, 0.15) is 0 Å². The molecule has 2 heterocycles. The highest BCUT2D eigenvalue weighted by atomic mass is 35.5. The first-order chi connectivity index (χ1) is 12.2. The summed E-state index contributed by atoms with van der Waals surface area (Å²) in [5.41, 5.74) is 3.65. The van der Waals surface area contributed by atoms with Crippen molar-refractivity contribution in [1.29, 1.82) is 0 Å². The number of nitrogens with one attached hydrogen (secondary N) is 1. The third-order valence-electron chi connectivity index (χ3n) is 3.81. The topological polar surface area (TPSA) is 55.8 Å². The van der Waals surface area contributed by atoms with Gasteiger partial charge in [-0.15, -0.1) is 11.3 Å². The van der Waals surface area contributed by atoms with Crippen molar-refractivity contribution in [2.24, 2.45) is 0 Å². The standard InChI is InChI=1S/C17H18ClN3O2S2/c18-15-6-8-17(24-15)25-21-11-9-20(10-12-21)14-4-2-1-3-13(14)5-7-16(22)19-23/h1-8,23H,9-12H2,(H,19,22)/b7-5+. The Morgan fingerprint density at radius 1 is 1.20 bits per heavy atom. The Balaban J connectivity index is 1.63. The van der Waals surface area contributed by atoms with E-state index in [1.807, 2.05) is 24.3 Å². The molecule has 3 rings (SSSR count). The summed E-state index contributed by atoms with van der Waals surface area (Å²) < 4.78 is 4.36. The summed E-state index contributed by atoms with van der Waals surface area (Å²) in [6, 6.07) is 11.9. The number of thiophene rings is 1. The van der Waals surface area contributed by atoms with Gasteiger partial charge in [-0.1, -0.05) is 29.8 Å². The molecule has 2 aromatic rings. The first kappa shape index (κ1) is 18.3. The van der Waals surface area contributed by atoms with Crippen molar-refractivity contribution >= 4 is 52.6 Å². The SMILES string of the molecule is O=C(/C=C/c1ccccc1N1CCN(Sc2ccc(Cl)s2)CC1)NO. The van der Waals surface area contributed by atoms with Crippen LogP contribution in [0.5, 0.6) is 0 Å². The number of anilines is 1. The molecule has 1 aromatic heterocycles. The molecule has 1 aliphatic rings. The average molecular weight is 396 g/mol. The molecule has 132 valence electrons. The molecule has 25 heavy (non-hydrogen) atoms. The lowest BCUT2D eigenvalue weighted by molar-refractivity contribution is -0.124. The van der Waals surface area contributed by atoms with Gasteiger partial charge in [0.15, 0.2) is 0 Å². The Hall–Kier alpha value is -1.51. The lowest BCUT2D eigenvalue weighted by Crippen LogP contribution is -2.43. The van der Waals surface area contributed by atoms with Crippen molar-refractivity contribution in [3.8, 4) is 0 Å². The van der Waals surface area contributed by atoms with Crippen molar-refractivity contribution in [2.45, 2.75) is 4.21 Å². The number of piperazine rings is 1. The lowest BCUT2D eigenvalue weighted by Gasteiger charge is -2.35. The second-order valence-corrected chi connectivity index (χ2v) is 8.55. The molecule has 0 atom stereocenters. The Morgan fingerprint density at radius 3 is 2.64 bits per heavy atom. The molecule has 8 heteroatoms. The minimum absolute atomic E-state index is 0.536. The van der Waals surface area contributed by atoms with Crippen LogP contribution in [0.1, 0.15) is 5.56 Å². The van der Waals surface area contributed by atoms with Crippen LogP contribution in [0.3, 0.4) is 0 Å². The number of hydrogen-bond acceptors (Lipinski definition) is 6. The molecular weight excluding hydrogens is 378 g/mol. The monoisotopic (exact) mass is 395 g/mol. The number of hydroxylamine groups is 1. The smallest absolute Gasteiger partial charge is 0.267 e. The maximum atomic E-state index is 11.2. The molecule has 1 amide bonds. The van der Waals surface area contributed by atoms with E-state index in [0.29, 0.717) is 0 Å². The van der Waals surface area contributed by atoms with E-state index < -0.39 is 5.91 Å². The van der Waals surface area contributed by atoms with Crippen LogP contribution in [-0.2, 0) is 4.79 Å². The van der Waals surface area contributed by atoms with Gasteiger partial charge in [0.25, 0.3) is 5.91 Å². The third kappa shape index (κ3) is 4.99. The van der Waals surface area contributed by atoms with Gasteiger partial charge in [-0.25, -0.2) is 9.79 Å². The maximum Gasteiger partial charge on any atom is 0.267 e. The molecule has 2 N–H and O–H groups in total. The van der Waals surface area contributed by atoms with Gasteiger partial charge in [-0.2, -0.15) is 0 Å². The molecule has 1 saturated heterocycles. The van der Waals surface area contributed by atoms with Crippen LogP contribution < -0.4 is 10.4 Å². The van der Waals surface area contributed by atoms with E-state index in [1.54, 1.807) is 34.8 Å². The fraction of sp³-hybridized carbons (Fsp3) is 0.235. The van der Waals surface area contributed by atoms with Crippen molar-refractivity contribution < 1.29 is 10.0 Å². The Bertz CT molecular complexity index is 758. The average Bonchev–Trinajstić information content (AvgIpc) is 3.05. The zero-order valence-electron chi connectivity index (χ0n) is 13.4. The molecular formula is C17H18ClN3O2S2. The van der Waals surface area contributed by atoms with E-state index in [0.717, 1.165) is 41.8 Å². The molecule has 0 saturated carbocycles. The molecule has 0 aliphatic carbocycles. The van der Waals surface area contributed by atoms with E-state index in [4.69, 9.17) is 16.8 Å². The van der Waals surface area contributed by atoms with E-state index in [-0.39, 0.29) is 0 Å². The Kier molecular flexibility index (Phi) is 6.39. The number of halogens is 1. The first-order valence-electron chi connectivity index (χ1n) is 7.80. The van der Waals surface area contributed by atoms with Crippen molar-refractivity contribution in [2.75, 3.05) is 31.1 Å². The van der Waals surface area contributed by atoms with E-state index in [2.05, 4.69) is 21.3 Å². The summed E-state index contributed by atoms with van der Waals surface area (Å²) in [6.45, 7) is 3.69. The highest BCUT2D eigenvalue weighted by Crippen LogP contribution is 2.33. The van der Waals surface area contributed by atoms with Gasteiger partial charge in [0, 0.05) is 37.9 Å². The number of carbonyl (C=O) groups is 1. The van der Waals surface area contributed by atoms with Gasteiger partial charge in [-0.05, 0) is 41.8 Å².